The molecule has 0 radical (unpaired) electrons. The van der Waals surface area contributed by atoms with Gasteiger partial charge in [-0.05, 0) is 37.0 Å². The average molecular weight is 333 g/mol. The van der Waals surface area contributed by atoms with Crippen LogP contribution in [0.4, 0.5) is 9.18 Å². The lowest BCUT2D eigenvalue weighted by Gasteiger charge is -2.31. The molecule has 0 aromatic heterocycles. The van der Waals surface area contributed by atoms with E-state index in [0.717, 1.165) is 31.2 Å². The highest BCUT2D eigenvalue weighted by molar-refractivity contribution is 5.80. The first-order chi connectivity index (χ1) is 11.5. The lowest BCUT2D eigenvalue weighted by atomic mass is 9.79. The molecule has 3 amide bonds. The van der Waals surface area contributed by atoms with Crippen LogP contribution >= 0.6 is 0 Å². The van der Waals surface area contributed by atoms with Crippen molar-refractivity contribution in [2.24, 2.45) is 11.7 Å². The maximum Gasteiger partial charge on any atom is 0.317 e. The van der Waals surface area contributed by atoms with E-state index in [0.29, 0.717) is 26.1 Å². The van der Waals surface area contributed by atoms with Crippen LogP contribution in [0.3, 0.4) is 0 Å². The molecule has 1 saturated heterocycles. The normalized spacial score (nSPS) is 22.5. The minimum absolute atomic E-state index is 0.119. The maximum absolute atomic E-state index is 13.2. The standard InChI is InChI=1S/C18H24FN3O2/c19-15-5-3-14(4-6-15)18(8-1-2-9-18)12-21-17(24)22-10-7-13(11-22)16(20)23/h3-6,13H,1-2,7-12H2,(H2,20,23)(H,21,24)/t13-/m1/s1. The second-order valence-electron chi connectivity index (χ2n) is 6.99. The van der Waals surface area contributed by atoms with E-state index >= 15 is 0 Å². The van der Waals surface area contributed by atoms with Gasteiger partial charge in [-0.3, -0.25) is 4.79 Å². The van der Waals surface area contributed by atoms with Crippen molar-refractivity contribution in [3.8, 4) is 0 Å². The smallest absolute Gasteiger partial charge is 0.317 e. The molecule has 1 aromatic carbocycles. The molecule has 24 heavy (non-hydrogen) atoms. The molecule has 0 unspecified atom stereocenters. The number of carbonyl (C=O) groups is 2. The van der Waals surface area contributed by atoms with Crippen molar-refractivity contribution in [1.82, 2.24) is 10.2 Å². The van der Waals surface area contributed by atoms with Gasteiger partial charge in [0.15, 0.2) is 0 Å². The summed E-state index contributed by atoms with van der Waals surface area (Å²) in [5.74, 6) is -0.831. The number of hydrogen-bond donors (Lipinski definition) is 2. The molecule has 1 atom stereocenters. The Morgan fingerprint density at radius 3 is 2.50 bits per heavy atom. The molecule has 1 aromatic rings. The van der Waals surface area contributed by atoms with E-state index in [2.05, 4.69) is 5.32 Å². The van der Waals surface area contributed by atoms with E-state index in [9.17, 15) is 14.0 Å². The molecular formula is C18H24FN3O2. The van der Waals surface area contributed by atoms with Gasteiger partial charge in [0, 0.05) is 25.0 Å². The summed E-state index contributed by atoms with van der Waals surface area (Å²) < 4.78 is 13.2. The van der Waals surface area contributed by atoms with Crippen LogP contribution in [0.25, 0.3) is 0 Å². The number of hydrogen-bond acceptors (Lipinski definition) is 2. The summed E-state index contributed by atoms with van der Waals surface area (Å²) in [6.07, 6.45) is 4.83. The van der Waals surface area contributed by atoms with Crippen LogP contribution in [0.2, 0.25) is 0 Å². The lowest BCUT2D eigenvalue weighted by Crippen LogP contribution is -2.45. The van der Waals surface area contributed by atoms with Gasteiger partial charge in [-0.25, -0.2) is 9.18 Å². The van der Waals surface area contributed by atoms with Gasteiger partial charge in [0.2, 0.25) is 5.91 Å². The summed E-state index contributed by atoms with van der Waals surface area (Å²) in [6, 6.07) is 6.47. The molecule has 1 aliphatic carbocycles. The van der Waals surface area contributed by atoms with Crippen LogP contribution in [0, 0.1) is 11.7 Å². The highest BCUT2D eigenvalue weighted by Crippen LogP contribution is 2.40. The molecule has 5 nitrogen and oxygen atoms in total. The van der Waals surface area contributed by atoms with Crippen LogP contribution in [0.1, 0.15) is 37.7 Å². The highest BCUT2D eigenvalue weighted by Gasteiger charge is 2.37. The van der Waals surface area contributed by atoms with E-state index in [1.807, 2.05) is 12.1 Å². The minimum Gasteiger partial charge on any atom is -0.369 e. The van der Waals surface area contributed by atoms with Crippen molar-refractivity contribution in [2.75, 3.05) is 19.6 Å². The molecule has 2 aliphatic rings. The van der Waals surface area contributed by atoms with E-state index in [1.165, 1.54) is 12.1 Å². The lowest BCUT2D eigenvalue weighted by molar-refractivity contribution is -0.121. The largest absolute Gasteiger partial charge is 0.369 e. The third-order valence-electron chi connectivity index (χ3n) is 5.47. The zero-order valence-electron chi connectivity index (χ0n) is 13.8. The number of carbonyl (C=O) groups excluding carboxylic acids is 2. The van der Waals surface area contributed by atoms with Crippen molar-refractivity contribution in [1.29, 1.82) is 0 Å². The average Bonchev–Trinajstić information content (AvgIpc) is 3.23. The van der Waals surface area contributed by atoms with Crippen molar-refractivity contribution in [2.45, 2.75) is 37.5 Å². The minimum atomic E-state index is -0.344. The molecular weight excluding hydrogens is 309 g/mol. The van der Waals surface area contributed by atoms with Crippen molar-refractivity contribution < 1.29 is 14.0 Å². The molecule has 2 fully saturated rings. The van der Waals surface area contributed by atoms with Crippen LogP contribution in [-0.2, 0) is 10.2 Å². The Balaban J connectivity index is 1.64. The first-order valence-corrected chi connectivity index (χ1v) is 8.58. The summed E-state index contributed by atoms with van der Waals surface area (Å²) in [7, 11) is 0. The fourth-order valence-electron chi connectivity index (χ4n) is 3.96. The molecule has 0 bridgehead atoms. The fraction of sp³-hybridized carbons (Fsp3) is 0.556. The predicted molar refractivity (Wildman–Crippen MR) is 88.8 cm³/mol. The first kappa shape index (κ1) is 16.7. The molecule has 3 rings (SSSR count). The molecule has 1 saturated carbocycles. The monoisotopic (exact) mass is 333 g/mol. The Kier molecular flexibility index (Phi) is 4.73. The van der Waals surface area contributed by atoms with Crippen LogP contribution in [0.5, 0.6) is 0 Å². The van der Waals surface area contributed by atoms with Crippen molar-refractivity contribution in [3.05, 3.63) is 35.6 Å². The Hall–Kier alpha value is -2.11. The van der Waals surface area contributed by atoms with E-state index < -0.39 is 0 Å². The first-order valence-electron chi connectivity index (χ1n) is 8.58. The summed E-state index contributed by atoms with van der Waals surface area (Å²) in [5.41, 5.74) is 6.28. The van der Waals surface area contributed by atoms with Gasteiger partial charge in [0.1, 0.15) is 5.82 Å². The number of rotatable bonds is 4. The Bertz CT molecular complexity index is 611. The van der Waals surface area contributed by atoms with Gasteiger partial charge in [0.25, 0.3) is 0 Å². The van der Waals surface area contributed by atoms with E-state index in [1.54, 1.807) is 4.90 Å². The second kappa shape index (κ2) is 6.79. The van der Waals surface area contributed by atoms with Gasteiger partial charge in [-0.15, -0.1) is 0 Å². The molecule has 1 heterocycles. The molecule has 0 spiro atoms. The summed E-state index contributed by atoms with van der Waals surface area (Å²) in [6.45, 7) is 1.49. The summed E-state index contributed by atoms with van der Waals surface area (Å²) in [5, 5.41) is 3.02. The highest BCUT2D eigenvalue weighted by atomic mass is 19.1. The number of primary amides is 1. The van der Waals surface area contributed by atoms with Gasteiger partial charge >= 0.3 is 6.03 Å². The quantitative estimate of drug-likeness (QED) is 0.886. The molecule has 6 heteroatoms. The Morgan fingerprint density at radius 2 is 1.92 bits per heavy atom. The van der Waals surface area contributed by atoms with Gasteiger partial charge in [-0.2, -0.15) is 0 Å². The predicted octanol–water partition coefficient (Wildman–Crippen LogP) is 2.15. The zero-order valence-corrected chi connectivity index (χ0v) is 13.8. The zero-order chi connectivity index (χ0) is 17.2. The third kappa shape index (κ3) is 3.37. The number of nitrogens with zero attached hydrogens (tertiary/aromatic N) is 1. The number of amides is 3. The maximum atomic E-state index is 13.2. The van der Waals surface area contributed by atoms with Crippen molar-refractivity contribution in [3.63, 3.8) is 0 Å². The van der Waals surface area contributed by atoms with Crippen LogP contribution < -0.4 is 11.1 Å². The number of benzene rings is 1. The van der Waals surface area contributed by atoms with Crippen LogP contribution in [0.15, 0.2) is 24.3 Å². The van der Waals surface area contributed by atoms with E-state index in [4.69, 9.17) is 5.73 Å². The topological polar surface area (TPSA) is 75.4 Å². The molecule has 1 aliphatic heterocycles. The van der Waals surface area contributed by atoms with Gasteiger partial charge in [-0.1, -0.05) is 25.0 Å². The number of nitrogens with one attached hydrogen (secondary N) is 1. The SMILES string of the molecule is NC(=O)[C@@H]1CCN(C(=O)NCC2(c3ccc(F)cc3)CCCC2)C1. The summed E-state index contributed by atoms with van der Waals surface area (Å²) in [4.78, 5) is 25.3. The van der Waals surface area contributed by atoms with Crippen molar-refractivity contribution >= 4 is 11.9 Å². The Labute approximate surface area is 141 Å². The van der Waals surface area contributed by atoms with E-state index in [-0.39, 0.29) is 29.1 Å². The number of halogens is 1. The number of urea groups is 1. The fourth-order valence-corrected chi connectivity index (χ4v) is 3.96. The second-order valence-corrected chi connectivity index (χ2v) is 6.99. The number of likely N-dealkylation sites (tertiary alicyclic amines) is 1. The van der Waals surface area contributed by atoms with Gasteiger partial charge in [0.05, 0.1) is 5.92 Å². The Morgan fingerprint density at radius 1 is 1.25 bits per heavy atom. The molecule has 3 N–H and O–H groups in total. The van der Waals surface area contributed by atoms with Gasteiger partial charge < -0.3 is 16.0 Å². The van der Waals surface area contributed by atoms with Crippen LogP contribution in [-0.4, -0.2) is 36.5 Å². The summed E-state index contributed by atoms with van der Waals surface area (Å²) >= 11 is 0. The number of nitrogens with two attached hydrogens (primary N) is 1. The third-order valence-corrected chi connectivity index (χ3v) is 5.47. The molecule has 130 valence electrons.